The summed E-state index contributed by atoms with van der Waals surface area (Å²) in [5, 5.41) is 3.58. The van der Waals surface area contributed by atoms with Crippen molar-refractivity contribution in [2.24, 2.45) is 5.92 Å². The van der Waals surface area contributed by atoms with Crippen LogP contribution in [0.5, 0.6) is 0 Å². The number of aryl methyl sites for hydroxylation is 1. The molecule has 4 unspecified atom stereocenters. The van der Waals surface area contributed by atoms with Crippen LogP contribution in [0.2, 0.25) is 0 Å². The van der Waals surface area contributed by atoms with Gasteiger partial charge in [-0.2, -0.15) is 0 Å². The molecule has 0 spiro atoms. The molecule has 0 aromatic heterocycles. The fraction of sp³-hybridized carbons (Fsp3) is 0.588. The normalized spacial score (nSPS) is 36.5. The van der Waals surface area contributed by atoms with Crippen LogP contribution >= 0.6 is 0 Å². The van der Waals surface area contributed by atoms with Crippen LogP contribution in [-0.2, 0) is 4.79 Å². The van der Waals surface area contributed by atoms with E-state index in [0.29, 0.717) is 12.0 Å². The fourth-order valence-electron chi connectivity index (χ4n) is 3.20. The van der Waals surface area contributed by atoms with Gasteiger partial charge in [0.1, 0.15) is 6.17 Å². The van der Waals surface area contributed by atoms with Crippen LogP contribution in [0.3, 0.4) is 0 Å². The number of amides is 1. The lowest BCUT2D eigenvalue weighted by atomic mass is 9.99. The van der Waals surface area contributed by atoms with Crippen LogP contribution in [0.15, 0.2) is 24.3 Å². The zero-order chi connectivity index (χ0) is 14.5. The molecular formula is C17H24N2O. The molecule has 1 heterocycles. The van der Waals surface area contributed by atoms with Gasteiger partial charge >= 0.3 is 0 Å². The van der Waals surface area contributed by atoms with Crippen LogP contribution in [0.25, 0.3) is 0 Å². The second-order valence-electron chi connectivity index (χ2n) is 6.64. The van der Waals surface area contributed by atoms with Gasteiger partial charge < -0.3 is 4.90 Å². The van der Waals surface area contributed by atoms with Crippen LogP contribution in [0.4, 0.5) is 0 Å². The van der Waals surface area contributed by atoms with Gasteiger partial charge in [-0.1, -0.05) is 43.7 Å². The maximum atomic E-state index is 12.8. The standard InChI is InChI=1S/C17H24N2O/c1-5-17(4)16(20)19(14-10-12(14)3)15(18-17)13-8-6-7-11(2)9-13/h6-9,12,14-15,18H,5,10H2,1-4H3. The molecule has 1 aromatic carbocycles. The molecule has 1 aromatic rings. The van der Waals surface area contributed by atoms with E-state index in [4.69, 9.17) is 0 Å². The van der Waals surface area contributed by atoms with Gasteiger partial charge in [-0.05, 0) is 38.2 Å². The van der Waals surface area contributed by atoms with Crippen molar-refractivity contribution in [2.75, 3.05) is 0 Å². The fourth-order valence-corrected chi connectivity index (χ4v) is 3.20. The smallest absolute Gasteiger partial charge is 0.244 e. The number of nitrogens with zero attached hydrogens (tertiary/aromatic N) is 1. The first-order valence-electron chi connectivity index (χ1n) is 7.63. The predicted molar refractivity (Wildman–Crippen MR) is 80.2 cm³/mol. The van der Waals surface area contributed by atoms with E-state index >= 15 is 0 Å². The number of hydrogen-bond acceptors (Lipinski definition) is 2. The number of rotatable bonds is 3. The van der Waals surface area contributed by atoms with Crippen molar-refractivity contribution in [2.45, 2.75) is 58.3 Å². The van der Waals surface area contributed by atoms with Crippen LogP contribution < -0.4 is 5.32 Å². The molecule has 3 rings (SSSR count). The Balaban J connectivity index is 1.97. The van der Waals surface area contributed by atoms with Gasteiger partial charge in [-0.25, -0.2) is 0 Å². The molecule has 1 saturated heterocycles. The lowest BCUT2D eigenvalue weighted by molar-refractivity contribution is -0.133. The maximum Gasteiger partial charge on any atom is 0.244 e. The van der Waals surface area contributed by atoms with Gasteiger partial charge in [0, 0.05) is 6.04 Å². The molecular weight excluding hydrogens is 248 g/mol. The Morgan fingerprint density at radius 2 is 2.15 bits per heavy atom. The highest BCUT2D eigenvalue weighted by molar-refractivity contribution is 5.89. The molecule has 0 bridgehead atoms. The Morgan fingerprint density at radius 3 is 2.70 bits per heavy atom. The molecule has 1 saturated carbocycles. The van der Waals surface area contributed by atoms with Gasteiger partial charge in [0.25, 0.3) is 0 Å². The SMILES string of the molecule is CCC1(C)NC(c2cccc(C)c2)N(C2CC2C)C1=O. The topological polar surface area (TPSA) is 32.3 Å². The first-order chi connectivity index (χ1) is 9.46. The number of nitrogens with one attached hydrogen (secondary N) is 1. The molecule has 0 radical (unpaired) electrons. The number of carbonyl (C=O) groups is 1. The average Bonchev–Trinajstić information content (AvgIpc) is 3.07. The Hall–Kier alpha value is -1.35. The summed E-state index contributed by atoms with van der Waals surface area (Å²) in [7, 11) is 0. The van der Waals surface area contributed by atoms with Gasteiger partial charge in [0.2, 0.25) is 5.91 Å². The van der Waals surface area contributed by atoms with Crippen molar-refractivity contribution in [1.82, 2.24) is 10.2 Å². The van der Waals surface area contributed by atoms with E-state index in [1.165, 1.54) is 11.1 Å². The summed E-state index contributed by atoms with van der Waals surface area (Å²) >= 11 is 0. The van der Waals surface area contributed by atoms with Crippen molar-refractivity contribution >= 4 is 5.91 Å². The van der Waals surface area contributed by atoms with Crippen molar-refractivity contribution in [1.29, 1.82) is 0 Å². The van der Waals surface area contributed by atoms with Crippen LogP contribution in [0, 0.1) is 12.8 Å². The lowest BCUT2D eigenvalue weighted by Gasteiger charge is -2.25. The lowest BCUT2D eigenvalue weighted by Crippen LogP contribution is -2.43. The second kappa shape index (κ2) is 4.59. The largest absolute Gasteiger partial charge is 0.318 e. The molecule has 3 nitrogen and oxygen atoms in total. The van der Waals surface area contributed by atoms with E-state index in [1.807, 2.05) is 6.92 Å². The predicted octanol–water partition coefficient (Wildman–Crippen LogP) is 3.00. The third kappa shape index (κ3) is 2.05. The molecule has 1 aliphatic heterocycles. The summed E-state index contributed by atoms with van der Waals surface area (Å²) in [6, 6.07) is 8.90. The minimum Gasteiger partial charge on any atom is -0.318 e. The third-order valence-corrected chi connectivity index (χ3v) is 4.93. The summed E-state index contributed by atoms with van der Waals surface area (Å²) in [6.45, 7) is 8.44. The minimum atomic E-state index is -0.420. The number of carbonyl (C=O) groups excluding carboxylic acids is 1. The first kappa shape index (κ1) is 13.6. The van der Waals surface area contributed by atoms with E-state index < -0.39 is 5.54 Å². The third-order valence-electron chi connectivity index (χ3n) is 4.93. The second-order valence-corrected chi connectivity index (χ2v) is 6.64. The Labute approximate surface area is 121 Å². The average molecular weight is 272 g/mol. The quantitative estimate of drug-likeness (QED) is 0.917. The highest BCUT2D eigenvalue weighted by Crippen LogP contribution is 2.44. The first-order valence-corrected chi connectivity index (χ1v) is 7.63. The van der Waals surface area contributed by atoms with Crippen molar-refractivity contribution in [3.05, 3.63) is 35.4 Å². The summed E-state index contributed by atoms with van der Waals surface area (Å²) in [4.78, 5) is 14.9. The summed E-state index contributed by atoms with van der Waals surface area (Å²) in [5.41, 5.74) is 2.02. The number of benzene rings is 1. The monoisotopic (exact) mass is 272 g/mol. The highest BCUT2D eigenvalue weighted by atomic mass is 16.2. The summed E-state index contributed by atoms with van der Waals surface area (Å²) in [6.07, 6.45) is 1.99. The van der Waals surface area contributed by atoms with E-state index in [1.54, 1.807) is 0 Å². The molecule has 108 valence electrons. The van der Waals surface area contributed by atoms with E-state index in [2.05, 4.69) is 55.3 Å². The van der Waals surface area contributed by atoms with E-state index in [0.717, 1.165) is 12.8 Å². The Morgan fingerprint density at radius 1 is 1.45 bits per heavy atom. The maximum absolute atomic E-state index is 12.8. The van der Waals surface area contributed by atoms with Gasteiger partial charge in [0.15, 0.2) is 0 Å². The molecule has 3 heteroatoms. The van der Waals surface area contributed by atoms with Crippen LogP contribution in [-0.4, -0.2) is 22.4 Å². The molecule has 2 aliphatic rings. The van der Waals surface area contributed by atoms with Gasteiger partial charge in [-0.3, -0.25) is 10.1 Å². The van der Waals surface area contributed by atoms with Crippen molar-refractivity contribution < 1.29 is 4.79 Å². The summed E-state index contributed by atoms with van der Waals surface area (Å²) < 4.78 is 0. The molecule has 2 fully saturated rings. The zero-order valence-electron chi connectivity index (χ0n) is 12.8. The van der Waals surface area contributed by atoms with Gasteiger partial charge in [0.05, 0.1) is 5.54 Å². The summed E-state index contributed by atoms with van der Waals surface area (Å²) in [5.74, 6) is 0.896. The molecule has 1 aliphatic carbocycles. The molecule has 1 amide bonds. The molecule has 1 N–H and O–H groups in total. The zero-order valence-corrected chi connectivity index (χ0v) is 12.8. The molecule has 20 heavy (non-hydrogen) atoms. The Bertz CT molecular complexity index is 542. The minimum absolute atomic E-state index is 0.0299. The molecule has 4 atom stereocenters. The van der Waals surface area contributed by atoms with Crippen molar-refractivity contribution in [3.8, 4) is 0 Å². The van der Waals surface area contributed by atoms with E-state index in [9.17, 15) is 4.79 Å². The Kier molecular flexibility index (Phi) is 3.13. The van der Waals surface area contributed by atoms with Gasteiger partial charge in [-0.15, -0.1) is 0 Å². The number of hydrogen-bond donors (Lipinski definition) is 1. The van der Waals surface area contributed by atoms with E-state index in [-0.39, 0.29) is 12.1 Å². The van der Waals surface area contributed by atoms with Crippen molar-refractivity contribution in [3.63, 3.8) is 0 Å². The van der Waals surface area contributed by atoms with Crippen LogP contribution in [0.1, 0.15) is 50.9 Å². The highest BCUT2D eigenvalue weighted by Gasteiger charge is 2.54.